The van der Waals surface area contributed by atoms with Gasteiger partial charge < -0.3 is 9.47 Å². The predicted octanol–water partition coefficient (Wildman–Crippen LogP) is 0.986. The van der Waals surface area contributed by atoms with Crippen molar-refractivity contribution in [2.75, 3.05) is 20.3 Å². The maximum absolute atomic E-state index is 12.0. The number of fused-ring (bicyclic) bond motifs is 1. The van der Waals surface area contributed by atoms with Crippen LogP contribution in [-0.4, -0.2) is 42.9 Å². The zero-order valence-electron chi connectivity index (χ0n) is 10.9. The molecule has 2 rings (SSSR count). The monoisotopic (exact) mass is 275 g/mol. The fraction of sp³-hybridized carbons (Fsp3) is 0.214. The van der Waals surface area contributed by atoms with Crippen LogP contribution >= 0.6 is 0 Å². The lowest BCUT2D eigenvalue weighted by Crippen LogP contribution is -2.32. The molecule has 0 unspecified atom stereocenters. The molecule has 1 aliphatic rings. The fourth-order valence-corrected chi connectivity index (χ4v) is 1.83. The molecule has 1 aromatic carbocycles. The highest BCUT2D eigenvalue weighted by molar-refractivity contribution is 6.21. The average molecular weight is 275 g/mol. The van der Waals surface area contributed by atoms with Gasteiger partial charge in [-0.3, -0.25) is 14.5 Å². The number of imide groups is 1. The van der Waals surface area contributed by atoms with Gasteiger partial charge in [-0.1, -0.05) is 12.1 Å². The van der Waals surface area contributed by atoms with Crippen LogP contribution in [0.4, 0.5) is 0 Å². The van der Waals surface area contributed by atoms with Gasteiger partial charge >= 0.3 is 5.97 Å². The summed E-state index contributed by atoms with van der Waals surface area (Å²) in [6.07, 6.45) is 2.28. The Hall–Kier alpha value is -2.63. The molecule has 0 fully saturated rings. The summed E-state index contributed by atoms with van der Waals surface area (Å²) in [5.74, 6) is -1.19. The molecular formula is C14H13NO5. The van der Waals surface area contributed by atoms with E-state index in [-0.39, 0.29) is 25.0 Å². The Balaban J connectivity index is 1.90. The van der Waals surface area contributed by atoms with E-state index in [1.807, 2.05) is 0 Å². The van der Waals surface area contributed by atoms with Crippen molar-refractivity contribution >= 4 is 17.8 Å². The average Bonchev–Trinajstić information content (AvgIpc) is 2.71. The van der Waals surface area contributed by atoms with E-state index in [2.05, 4.69) is 4.74 Å². The van der Waals surface area contributed by atoms with Crippen LogP contribution in [0.3, 0.4) is 0 Å². The molecule has 6 nitrogen and oxygen atoms in total. The van der Waals surface area contributed by atoms with Gasteiger partial charge in [0.25, 0.3) is 11.8 Å². The number of amides is 2. The molecule has 0 aliphatic carbocycles. The molecule has 0 aromatic heterocycles. The first-order chi connectivity index (χ1) is 9.65. The maximum Gasteiger partial charge on any atom is 0.333 e. The first-order valence-corrected chi connectivity index (χ1v) is 5.96. The van der Waals surface area contributed by atoms with Gasteiger partial charge in [0.15, 0.2) is 0 Å². The topological polar surface area (TPSA) is 72.9 Å². The number of nitrogens with zero attached hydrogens (tertiary/aromatic N) is 1. The number of benzene rings is 1. The summed E-state index contributed by atoms with van der Waals surface area (Å²) in [5.41, 5.74) is 0.810. The quantitative estimate of drug-likeness (QED) is 0.263. The first-order valence-electron chi connectivity index (χ1n) is 5.96. The standard InChI is InChI=1S/C14H13NO5/c1-19-12(16)6-8-20-9-7-15-13(17)10-4-2-3-5-11(10)14(15)18/h2-6,8H,7,9H2,1H3. The van der Waals surface area contributed by atoms with Gasteiger partial charge in [0, 0.05) is 0 Å². The summed E-state index contributed by atoms with van der Waals surface area (Å²) < 4.78 is 9.42. The number of hydrogen-bond donors (Lipinski definition) is 0. The van der Waals surface area contributed by atoms with Crippen molar-refractivity contribution in [1.82, 2.24) is 4.90 Å². The summed E-state index contributed by atoms with van der Waals surface area (Å²) in [4.78, 5) is 35.9. The third-order valence-corrected chi connectivity index (χ3v) is 2.81. The van der Waals surface area contributed by atoms with Crippen molar-refractivity contribution in [3.63, 3.8) is 0 Å². The lowest BCUT2D eigenvalue weighted by atomic mass is 10.1. The first kappa shape index (κ1) is 13.8. The Kier molecular flexibility index (Phi) is 4.14. The molecule has 0 saturated heterocycles. The van der Waals surface area contributed by atoms with Crippen LogP contribution in [-0.2, 0) is 14.3 Å². The van der Waals surface area contributed by atoms with Gasteiger partial charge in [-0.05, 0) is 12.1 Å². The number of carbonyl (C=O) groups excluding carboxylic acids is 3. The second kappa shape index (κ2) is 6.01. The third kappa shape index (κ3) is 2.69. The molecule has 0 radical (unpaired) electrons. The second-order valence-electron chi connectivity index (χ2n) is 4.00. The van der Waals surface area contributed by atoms with E-state index in [1.54, 1.807) is 24.3 Å². The lowest BCUT2D eigenvalue weighted by Gasteiger charge is -2.12. The number of hydrogen-bond acceptors (Lipinski definition) is 5. The Labute approximate surface area is 115 Å². The number of carbonyl (C=O) groups is 3. The summed E-state index contributed by atoms with van der Waals surface area (Å²) in [5, 5.41) is 0. The summed E-state index contributed by atoms with van der Waals surface area (Å²) in [7, 11) is 1.26. The second-order valence-corrected chi connectivity index (χ2v) is 4.00. The van der Waals surface area contributed by atoms with Crippen molar-refractivity contribution in [2.45, 2.75) is 0 Å². The Morgan fingerprint density at radius 1 is 1.20 bits per heavy atom. The van der Waals surface area contributed by atoms with Crippen LogP contribution in [0.25, 0.3) is 0 Å². The molecule has 1 heterocycles. The third-order valence-electron chi connectivity index (χ3n) is 2.81. The lowest BCUT2D eigenvalue weighted by molar-refractivity contribution is -0.135. The van der Waals surface area contributed by atoms with Crippen molar-refractivity contribution in [1.29, 1.82) is 0 Å². The van der Waals surface area contributed by atoms with Gasteiger partial charge in [-0.15, -0.1) is 0 Å². The molecule has 0 spiro atoms. The fourth-order valence-electron chi connectivity index (χ4n) is 1.83. The Bertz CT molecular complexity index is 544. The molecule has 1 aromatic rings. The van der Waals surface area contributed by atoms with Crippen molar-refractivity contribution in [3.8, 4) is 0 Å². The van der Waals surface area contributed by atoms with E-state index in [0.29, 0.717) is 11.1 Å². The van der Waals surface area contributed by atoms with E-state index in [0.717, 1.165) is 11.0 Å². The largest absolute Gasteiger partial charge is 0.499 e. The van der Waals surface area contributed by atoms with Crippen LogP contribution in [0.5, 0.6) is 0 Å². The molecular weight excluding hydrogens is 262 g/mol. The molecule has 0 saturated carbocycles. The van der Waals surface area contributed by atoms with Gasteiger partial charge in [-0.25, -0.2) is 4.79 Å². The van der Waals surface area contributed by atoms with Crippen LogP contribution in [0.1, 0.15) is 20.7 Å². The van der Waals surface area contributed by atoms with Crippen LogP contribution in [0, 0.1) is 0 Å². The molecule has 0 atom stereocenters. The van der Waals surface area contributed by atoms with E-state index < -0.39 is 5.97 Å². The van der Waals surface area contributed by atoms with Crippen molar-refractivity contribution < 1.29 is 23.9 Å². The van der Waals surface area contributed by atoms with Gasteiger partial charge in [0.05, 0.1) is 37.1 Å². The summed E-state index contributed by atoms with van der Waals surface area (Å²) in [6, 6.07) is 6.66. The molecule has 104 valence electrons. The summed E-state index contributed by atoms with van der Waals surface area (Å²) >= 11 is 0. The number of methoxy groups -OCH3 is 1. The van der Waals surface area contributed by atoms with E-state index in [4.69, 9.17) is 4.74 Å². The Morgan fingerprint density at radius 2 is 1.80 bits per heavy atom. The van der Waals surface area contributed by atoms with Crippen molar-refractivity contribution in [2.24, 2.45) is 0 Å². The summed E-state index contributed by atoms with van der Waals surface area (Å²) in [6.45, 7) is 0.233. The zero-order valence-corrected chi connectivity index (χ0v) is 10.9. The van der Waals surface area contributed by atoms with Gasteiger partial charge in [-0.2, -0.15) is 0 Å². The molecule has 20 heavy (non-hydrogen) atoms. The molecule has 0 N–H and O–H groups in total. The number of rotatable bonds is 5. The SMILES string of the molecule is COC(=O)C=COCCN1C(=O)c2ccccc2C1=O. The highest BCUT2D eigenvalue weighted by atomic mass is 16.5. The van der Waals surface area contributed by atoms with Crippen LogP contribution < -0.4 is 0 Å². The zero-order chi connectivity index (χ0) is 14.5. The highest BCUT2D eigenvalue weighted by Gasteiger charge is 2.34. The Morgan fingerprint density at radius 3 is 2.35 bits per heavy atom. The van der Waals surface area contributed by atoms with E-state index in [1.165, 1.54) is 13.4 Å². The van der Waals surface area contributed by atoms with Gasteiger partial charge in [0.1, 0.15) is 6.61 Å². The minimum atomic E-state index is -0.536. The minimum absolute atomic E-state index is 0.110. The van der Waals surface area contributed by atoms with E-state index >= 15 is 0 Å². The number of ether oxygens (including phenoxy) is 2. The maximum atomic E-state index is 12.0. The number of esters is 1. The van der Waals surface area contributed by atoms with Crippen LogP contribution in [0.15, 0.2) is 36.6 Å². The van der Waals surface area contributed by atoms with E-state index in [9.17, 15) is 14.4 Å². The molecule has 6 heteroatoms. The van der Waals surface area contributed by atoms with Gasteiger partial charge in [0.2, 0.25) is 0 Å². The van der Waals surface area contributed by atoms with Crippen LogP contribution in [0.2, 0.25) is 0 Å². The normalized spacial score (nSPS) is 13.8. The smallest absolute Gasteiger partial charge is 0.333 e. The molecule has 1 aliphatic heterocycles. The van der Waals surface area contributed by atoms with Crippen molar-refractivity contribution in [3.05, 3.63) is 47.7 Å². The predicted molar refractivity (Wildman–Crippen MR) is 68.9 cm³/mol. The highest BCUT2D eigenvalue weighted by Crippen LogP contribution is 2.21. The minimum Gasteiger partial charge on any atom is -0.499 e. The molecule has 0 bridgehead atoms. The molecule has 2 amide bonds.